The zero-order valence-electron chi connectivity index (χ0n) is 10.5. The van der Waals surface area contributed by atoms with Crippen LogP contribution >= 0.6 is 0 Å². The maximum absolute atomic E-state index is 13.5. The van der Waals surface area contributed by atoms with Crippen molar-refractivity contribution in [3.05, 3.63) is 60.3 Å². The van der Waals surface area contributed by atoms with Crippen LogP contribution in [0.1, 0.15) is 11.3 Å². The first-order chi connectivity index (χ1) is 9.22. The molecule has 0 aliphatic carbocycles. The van der Waals surface area contributed by atoms with E-state index in [0.717, 1.165) is 22.2 Å². The molecule has 0 fully saturated rings. The Balaban J connectivity index is 2.45. The van der Waals surface area contributed by atoms with Crippen LogP contribution in [0.5, 0.6) is 0 Å². The van der Waals surface area contributed by atoms with Crippen LogP contribution in [-0.4, -0.2) is 14.5 Å². The van der Waals surface area contributed by atoms with Crippen LogP contribution in [0.15, 0.2) is 43.2 Å². The molecule has 19 heavy (non-hydrogen) atoms. The molecule has 0 N–H and O–H groups in total. The van der Waals surface area contributed by atoms with E-state index < -0.39 is 0 Å². The maximum Gasteiger partial charge on any atom is 0.234 e. The normalized spacial score (nSPS) is 10.8. The van der Waals surface area contributed by atoms with Crippen molar-refractivity contribution in [1.29, 1.82) is 0 Å². The molecule has 2 heterocycles. The molecule has 0 saturated carbocycles. The second kappa shape index (κ2) is 4.31. The van der Waals surface area contributed by atoms with Gasteiger partial charge < -0.3 is 0 Å². The van der Waals surface area contributed by atoms with E-state index in [1.54, 1.807) is 30.6 Å². The van der Waals surface area contributed by atoms with Crippen LogP contribution < -0.4 is 0 Å². The van der Waals surface area contributed by atoms with Crippen molar-refractivity contribution in [2.45, 2.75) is 6.92 Å². The molecule has 0 aliphatic rings. The van der Waals surface area contributed by atoms with E-state index in [2.05, 4.69) is 16.5 Å². The van der Waals surface area contributed by atoms with Gasteiger partial charge in [0.05, 0.1) is 11.2 Å². The van der Waals surface area contributed by atoms with E-state index in [1.165, 1.54) is 12.1 Å². The van der Waals surface area contributed by atoms with Crippen LogP contribution in [0.3, 0.4) is 0 Å². The molecular formula is C15H12FN3. The van der Waals surface area contributed by atoms with Gasteiger partial charge in [0.1, 0.15) is 5.82 Å². The summed E-state index contributed by atoms with van der Waals surface area (Å²) in [4.78, 5) is 8.46. The summed E-state index contributed by atoms with van der Waals surface area (Å²) in [6.45, 7) is 5.81. The van der Waals surface area contributed by atoms with Crippen molar-refractivity contribution in [2.75, 3.05) is 0 Å². The fourth-order valence-electron chi connectivity index (χ4n) is 2.31. The van der Waals surface area contributed by atoms with Gasteiger partial charge in [-0.1, -0.05) is 6.58 Å². The summed E-state index contributed by atoms with van der Waals surface area (Å²) >= 11 is 0. The van der Waals surface area contributed by atoms with Gasteiger partial charge >= 0.3 is 0 Å². The first kappa shape index (κ1) is 11.6. The SMILES string of the molecule is C=Cc1c(C)c2ccc(F)cc2n1-c1ncccn1. The van der Waals surface area contributed by atoms with Crippen LogP contribution in [0.25, 0.3) is 22.9 Å². The molecule has 3 nitrogen and oxygen atoms in total. The fraction of sp³-hybridized carbons (Fsp3) is 0.0667. The number of rotatable bonds is 2. The van der Waals surface area contributed by atoms with Gasteiger partial charge in [-0.15, -0.1) is 0 Å². The van der Waals surface area contributed by atoms with Crippen LogP contribution in [0.2, 0.25) is 0 Å². The summed E-state index contributed by atoms with van der Waals surface area (Å²) in [5.41, 5.74) is 2.67. The Morgan fingerprint density at radius 2 is 2.00 bits per heavy atom. The summed E-state index contributed by atoms with van der Waals surface area (Å²) in [5.74, 6) is 0.235. The monoisotopic (exact) mass is 253 g/mol. The molecule has 2 aromatic heterocycles. The molecule has 1 aromatic carbocycles. The van der Waals surface area contributed by atoms with E-state index in [-0.39, 0.29) is 5.82 Å². The third kappa shape index (κ3) is 1.73. The van der Waals surface area contributed by atoms with Crippen LogP contribution in [0, 0.1) is 12.7 Å². The number of aryl methyl sites for hydroxylation is 1. The van der Waals surface area contributed by atoms with Crippen LogP contribution in [0.4, 0.5) is 4.39 Å². The zero-order valence-corrected chi connectivity index (χ0v) is 10.5. The number of hydrogen-bond acceptors (Lipinski definition) is 2. The van der Waals surface area contributed by atoms with Crippen molar-refractivity contribution in [3.8, 4) is 5.95 Å². The number of hydrogen-bond donors (Lipinski definition) is 0. The lowest BCUT2D eigenvalue weighted by atomic mass is 10.1. The molecule has 0 aliphatic heterocycles. The minimum atomic E-state index is -0.280. The highest BCUT2D eigenvalue weighted by Gasteiger charge is 2.15. The second-order valence-corrected chi connectivity index (χ2v) is 4.26. The van der Waals surface area contributed by atoms with Gasteiger partial charge in [0.25, 0.3) is 0 Å². The number of fused-ring (bicyclic) bond motifs is 1. The topological polar surface area (TPSA) is 30.7 Å². The average Bonchev–Trinajstić information content (AvgIpc) is 2.71. The predicted octanol–water partition coefficient (Wildman–Crippen LogP) is 3.51. The highest BCUT2D eigenvalue weighted by atomic mass is 19.1. The molecule has 0 bridgehead atoms. The Bertz CT molecular complexity index is 760. The van der Waals surface area contributed by atoms with E-state index in [4.69, 9.17) is 0 Å². The number of nitrogens with zero attached hydrogens (tertiary/aromatic N) is 3. The second-order valence-electron chi connectivity index (χ2n) is 4.26. The van der Waals surface area contributed by atoms with Gasteiger partial charge in [0, 0.05) is 17.8 Å². The maximum atomic E-state index is 13.5. The van der Waals surface area contributed by atoms with E-state index >= 15 is 0 Å². The smallest absolute Gasteiger partial charge is 0.234 e. The zero-order chi connectivity index (χ0) is 13.4. The Morgan fingerprint density at radius 3 is 2.68 bits per heavy atom. The number of halogens is 1. The molecule has 94 valence electrons. The predicted molar refractivity (Wildman–Crippen MR) is 73.7 cm³/mol. The number of aromatic nitrogens is 3. The van der Waals surface area contributed by atoms with E-state index in [9.17, 15) is 4.39 Å². The summed E-state index contributed by atoms with van der Waals surface area (Å²) in [6.07, 6.45) is 5.06. The molecule has 0 spiro atoms. The highest BCUT2D eigenvalue weighted by molar-refractivity contribution is 5.89. The molecule has 0 radical (unpaired) electrons. The van der Waals surface area contributed by atoms with Gasteiger partial charge in [0.2, 0.25) is 5.95 Å². The molecule has 0 atom stereocenters. The van der Waals surface area contributed by atoms with Gasteiger partial charge in [-0.05, 0) is 42.8 Å². The number of benzene rings is 1. The fourth-order valence-corrected chi connectivity index (χ4v) is 2.31. The molecular weight excluding hydrogens is 241 g/mol. The van der Waals surface area contributed by atoms with Crippen molar-refractivity contribution in [2.24, 2.45) is 0 Å². The summed E-state index contributed by atoms with van der Waals surface area (Å²) in [6, 6.07) is 6.47. The minimum absolute atomic E-state index is 0.280. The van der Waals surface area contributed by atoms with Gasteiger partial charge in [-0.2, -0.15) is 0 Å². The van der Waals surface area contributed by atoms with Crippen molar-refractivity contribution in [1.82, 2.24) is 14.5 Å². The lowest BCUT2D eigenvalue weighted by molar-refractivity contribution is 0.629. The minimum Gasteiger partial charge on any atom is -0.278 e. The van der Waals surface area contributed by atoms with Gasteiger partial charge in [0.15, 0.2) is 0 Å². The first-order valence-corrected chi connectivity index (χ1v) is 5.93. The Morgan fingerprint density at radius 1 is 1.26 bits per heavy atom. The van der Waals surface area contributed by atoms with Gasteiger partial charge in [-0.25, -0.2) is 14.4 Å². The summed E-state index contributed by atoms with van der Waals surface area (Å²) in [7, 11) is 0. The first-order valence-electron chi connectivity index (χ1n) is 5.93. The van der Waals surface area contributed by atoms with Crippen molar-refractivity contribution >= 4 is 17.0 Å². The summed E-state index contributed by atoms with van der Waals surface area (Å²) < 4.78 is 15.3. The quantitative estimate of drug-likeness (QED) is 0.699. The van der Waals surface area contributed by atoms with E-state index in [0.29, 0.717) is 5.95 Å². The lowest BCUT2D eigenvalue weighted by Crippen LogP contribution is -2.02. The third-order valence-electron chi connectivity index (χ3n) is 3.18. The molecule has 3 rings (SSSR count). The largest absolute Gasteiger partial charge is 0.278 e. The Hall–Kier alpha value is -2.49. The molecule has 0 amide bonds. The molecule has 4 heteroatoms. The molecule has 0 unspecified atom stereocenters. The Labute approximate surface area is 110 Å². The lowest BCUT2D eigenvalue weighted by Gasteiger charge is -2.05. The van der Waals surface area contributed by atoms with Crippen LogP contribution in [-0.2, 0) is 0 Å². The van der Waals surface area contributed by atoms with Crippen molar-refractivity contribution < 1.29 is 4.39 Å². The van der Waals surface area contributed by atoms with Crippen molar-refractivity contribution in [3.63, 3.8) is 0 Å². The van der Waals surface area contributed by atoms with Gasteiger partial charge in [-0.3, -0.25) is 4.57 Å². The Kier molecular flexibility index (Phi) is 2.63. The molecule has 0 saturated heterocycles. The highest BCUT2D eigenvalue weighted by Crippen LogP contribution is 2.28. The summed E-state index contributed by atoms with van der Waals surface area (Å²) in [5, 5.41) is 0.976. The standard InChI is InChI=1S/C15H12FN3/c1-3-13-10(2)12-6-5-11(16)9-14(12)19(13)15-17-7-4-8-18-15/h3-9H,1H2,2H3. The molecule has 3 aromatic rings. The third-order valence-corrected chi connectivity index (χ3v) is 3.18. The van der Waals surface area contributed by atoms with E-state index in [1.807, 2.05) is 11.5 Å². The average molecular weight is 253 g/mol.